The van der Waals surface area contributed by atoms with Crippen LogP contribution in [0.25, 0.3) is 0 Å². The van der Waals surface area contributed by atoms with E-state index in [1.54, 1.807) is 15.8 Å². The van der Waals surface area contributed by atoms with E-state index >= 15 is 0 Å². The zero-order valence-electron chi connectivity index (χ0n) is 13.4. The fourth-order valence-corrected chi connectivity index (χ4v) is 2.25. The van der Waals surface area contributed by atoms with Gasteiger partial charge in [0.05, 0.1) is 25.2 Å². The number of amides is 1. The summed E-state index contributed by atoms with van der Waals surface area (Å²) in [6.07, 6.45) is 1.68. The van der Waals surface area contributed by atoms with Crippen LogP contribution in [0, 0.1) is 6.92 Å². The molecule has 0 atom stereocenters. The SMILES string of the molecule is Cc1ncn(C)c1C(=O)N(C)CCN1CCOCC1.O=CO. The van der Waals surface area contributed by atoms with Crippen LogP contribution >= 0.6 is 0 Å². The van der Waals surface area contributed by atoms with Gasteiger partial charge in [0.15, 0.2) is 0 Å². The molecule has 0 radical (unpaired) electrons. The van der Waals surface area contributed by atoms with E-state index in [-0.39, 0.29) is 12.4 Å². The minimum Gasteiger partial charge on any atom is -0.483 e. The Labute approximate surface area is 130 Å². The molecule has 2 rings (SSSR count). The highest BCUT2D eigenvalue weighted by Crippen LogP contribution is 2.08. The van der Waals surface area contributed by atoms with E-state index in [0.717, 1.165) is 45.1 Å². The third kappa shape index (κ3) is 5.12. The number of rotatable bonds is 4. The van der Waals surface area contributed by atoms with Gasteiger partial charge in [-0.3, -0.25) is 14.5 Å². The zero-order chi connectivity index (χ0) is 16.5. The van der Waals surface area contributed by atoms with Crippen LogP contribution < -0.4 is 0 Å². The molecule has 1 N–H and O–H groups in total. The predicted molar refractivity (Wildman–Crippen MR) is 80.9 cm³/mol. The number of likely N-dealkylation sites (N-methyl/N-ethyl adjacent to an activating group) is 1. The first kappa shape index (κ1) is 18.1. The van der Waals surface area contributed by atoms with E-state index in [0.29, 0.717) is 5.69 Å². The summed E-state index contributed by atoms with van der Waals surface area (Å²) in [5, 5.41) is 6.89. The van der Waals surface area contributed by atoms with Gasteiger partial charge >= 0.3 is 0 Å². The van der Waals surface area contributed by atoms with Crippen molar-refractivity contribution in [2.24, 2.45) is 7.05 Å². The average molecular weight is 312 g/mol. The van der Waals surface area contributed by atoms with Gasteiger partial charge in [0.2, 0.25) is 0 Å². The van der Waals surface area contributed by atoms with Crippen LogP contribution in [0.4, 0.5) is 0 Å². The van der Waals surface area contributed by atoms with E-state index in [1.165, 1.54) is 0 Å². The van der Waals surface area contributed by atoms with Crippen LogP contribution in [0.15, 0.2) is 6.33 Å². The number of imidazole rings is 1. The minimum absolute atomic E-state index is 0.0331. The van der Waals surface area contributed by atoms with Crippen molar-refractivity contribution in [3.05, 3.63) is 17.7 Å². The molecule has 0 saturated carbocycles. The molecule has 1 aliphatic heterocycles. The number of aromatic nitrogens is 2. The van der Waals surface area contributed by atoms with Crippen molar-refractivity contribution in [3.8, 4) is 0 Å². The molecule has 1 fully saturated rings. The molecule has 124 valence electrons. The molecule has 8 heteroatoms. The number of carbonyl (C=O) groups excluding carboxylic acids is 1. The van der Waals surface area contributed by atoms with Gasteiger partial charge in [0.1, 0.15) is 5.69 Å². The summed E-state index contributed by atoms with van der Waals surface area (Å²) in [4.78, 5) is 28.9. The largest absolute Gasteiger partial charge is 0.483 e. The summed E-state index contributed by atoms with van der Waals surface area (Å²) < 4.78 is 7.09. The molecule has 0 unspecified atom stereocenters. The molecule has 0 spiro atoms. The zero-order valence-corrected chi connectivity index (χ0v) is 13.4. The molecule has 0 bridgehead atoms. The number of carbonyl (C=O) groups is 2. The Morgan fingerprint density at radius 1 is 1.50 bits per heavy atom. The maximum Gasteiger partial charge on any atom is 0.290 e. The Bertz CT molecular complexity index is 464. The Hall–Kier alpha value is -1.93. The van der Waals surface area contributed by atoms with Gasteiger partial charge in [0, 0.05) is 40.3 Å². The van der Waals surface area contributed by atoms with E-state index in [9.17, 15) is 4.79 Å². The predicted octanol–water partition coefficient (Wildman–Crippen LogP) is -0.166. The third-order valence-corrected chi connectivity index (χ3v) is 3.52. The molecular weight excluding hydrogens is 288 g/mol. The van der Waals surface area contributed by atoms with Crippen molar-refractivity contribution in [2.45, 2.75) is 6.92 Å². The first-order valence-electron chi connectivity index (χ1n) is 7.12. The van der Waals surface area contributed by atoms with Crippen molar-refractivity contribution in [1.29, 1.82) is 0 Å². The fraction of sp³-hybridized carbons (Fsp3) is 0.643. The average Bonchev–Trinajstić information content (AvgIpc) is 2.85. The molecule has 22 heavy (non-hydrogen) atoms. The van der Waals surface area contributed by atoms with Gasteiger partial charge in [-0.05, 0) is 6.92 Å². The van der Waals surface area contributed by atoms with E-state index < -0.39 is 0 Å². The first-order valence-corrected chi connectivity index (χ1v) is 7.12. The van der Waals surface area contributed by atoms with Crippen LogP contribution in [0.1, 0.15) is 16.2 Å². The highest BCUT2D eigenvalue weighted by Gasteiger charge is 2.19. The maximum absolute atomic E-state index is 12.3. The summed E-state index contributed by atoms with van der Waals surface area (Å²) in [6.45, 7) is 6.71. The molecule has 0 aliphatic carbocycles. The topological polar surface area (TPSA) is 87.9 Å². The van der Waals surface area contributed by atoms with Gasteiger partial charge in [-0.2, -0.15) is 0 Å². The molecule has 1 amide bonds. The van der Waals surface area contributed by atoms with Crippen LogP contribution in [-0.4, -0.2) is 83.3 Å². The third-order valence-electron chi connectivity index (χ3n) is 3.52. The van der Waals surface area contributed by atoms with E-state index in [1.807, 2.05) is 21.0 Å². The standard InChI is InChI=1S/C13H22N4O2.CH2O2/c1-11-12(16(3)10-14-11)13(18)15(2)4-5-17-6-8-19-9-7-17;2-1-3/h10H,4-9H2,1-3H3;1H,(H,2,3). The Morgan fingerprint density at radius 2 is 2.09 bits per heavy atom. The van der Waals surface area contributed by atoms with Crippen LogP contribution in [-0.2, 0) is 16.6 Å². The smallest absolute Gasteiger partial charge is 0.290 e. The molecule has 0 aromatic carbocycles. The Balaban J connectivity index is 0.000000745. The lowest BCUT2D eigenvalue weighted by molar-refractivity contribution is -0.122. The Kier molecular flexibility index (Phi) is 7.55. The van der Waals surface area contributed by atoms with Crippen molar-refractivity contribution in [1.82, 2.24) is 19.4 Å². The summed E-state index contributed by atoms with van der Waals surface area (Å²) in [7, 11) is 3.69. The Morgan fingerprint density at radius 3 is 2.59 bits per heavy atom. The molecular formula is C14H24N4O4. The maximum atomic E-state index is 12.3. The highest BCUT2D eigenvalue weighted by atomic mass is 16.5. The van der Waals surface area contributed by atoms with Crippen molar-refractivity contribution < 1.29 is 19.4 Å². The quantitative estimate of drug-likeness (QED) is 0.777. The van der Waals surface area contributed by atoms with Crippen molar-refractivity contribution in [3.63, 3.8) is 0 Å². The summed E-state index contributed by atoms with van der Waals surface area (Å²) in [5.74, 6) is 0.0331. The molecule has 1 aliphatic rings. The summed E-state index contributed by atoms with van der Waals surface area (Å²) in [6, 6.07) is 0. The molecule has 1 aromatic rings. The lowest BCUT2D eigenvalue weighted by atomic mass is 10.3. The number of carboxylic acid groups (broad SMARTS) is 1. The lowest BCUT2D eigenvalue weighted by Crippen LogP contribution is -2.42. The summed E-state index contributed by atoms with van der Waals surface area (Å²) >= 11 is 0. The van der Waals surface area contributed by atoms with Gasteiger partial charge in [0.25, 0.3) is 12.4 Å². The second kappa shape index (κ2) is 9.16. The number of nitrogens with zero attached hydrogens (tertiary/aromatic N) is 4. The van der Waals surface area contributed by atoms with Gasteiger partial charge in [-0.25, -0.2) is 4.98 Å². The number of hydrogen-bond donors (Lipinski definition) is 1. The number of morpholine rings is 1. The molecule has 8 nitrogen and oxygen atoms in total. The van der Waals surface area contributed by atoms with Crippen LogP contribution in [0.3, 0.4) is 0 Å². The van der Waals surface area contributed by atoms with Crippen molar-refractivity contribution in [2.75, 3.05) is 46.4 Å². The van der Waals surface area contributed by atoms with E-state index in [2.05, 4.69) is 9.88 Å². The normalized spacial score (nSPS) is 14.9. The second-order valence-electron chi connectivity index (χ2n) is 5.08. The number of ether oxygens (including phenoxy) is 1. The van der Waals surface area contributed by atoms with Gasteiger partial charge in [-0.1, -0.05) is 0 Å². The van der Waals surface area contributed by atoms with Crippen LogP contribution in [0.5, 0.6) is 0 Å². The minimum atomic E-state index is -0.250. The number of aryl methyl sites for hydroxylation is 2. The second-order valence-corrected chi connectivity index (χ2v) is 5.08. The van der Waals surface area contributed by atoms with Gasteiger partial charge in [-0.15, -0.1) is 0 Å². The molecule has 1 aromatic heterocycles. The van der Waals surface area contributed by atoms with E-state index in [4.69, 9.17) is 14.6 Å². The lowest BCUT2D eigenvalue weighted by Gasteiger charge is -2.28. The first-order chi connectivity index (χ1) is 10.5. The molecule has 2 heterocycles. The molecule has 1 saturated heterocycles. The fourth-order valence-electron chi connectivity index (χ4n) is 2.25. The summed E-state index contributed by atoms with van der Waals surface area (Å²) in [5.41, 5.74) is 1.45. The van der Waals surface area contributed by atoms with Crippen LogP contribution in [0.2, 0.25) is 0 Å². The van der Waals surface area contributed by atoms with Crippen molar-refractivity contribution >= 4 is 12.4 Å². The monoisotopic (exact) mass is 312 g/mol. The highest BCUT2D eigenvalue weighted by molar-refractivity contribution is 5.93. The number of hydrogen-bond acceptors (Lipinski definition) is 5. The van der Waals surface area contributed by atoms with Gasteiger partial charge < -0.3 is 19.3 Å².